The molecule has 22 heavy (non-hydrogen) atoms. The van der Waals surface area contributed by atoms with Crippen molar-refractivity contribution in [1.82, 2.24) is 4.72 Å². The Labute approximate surface area is 129 Å². The molecule has 1 atom stereocenters. The molecule has 1 aliphatic rings. The molecule has 0 aliphatic carbocycles. The lowest BCUT2D eigenvalue weighted by Crippen LogP contribution is -2.32. The minimum absolute atomic E-state index is 0.0648. The molecule has 2 rings (SSSR count). The van der Waals surface area contributed by atoms with Crippen molar-refractivity contribution < 1.29 is 22.7 Å². The zero-order chi connectivity index (χ0) is 16.9. The molecule has 7 nitrogen and oxygen atoms in total. The van der Waals surface area contributed by atoms with Crippen LogP contribution in [0.15, 0.2) is 29.2 Å². The molecule has 1 aromatic carbocycles. The lowest BCUT2D eigenvalue weighted by molar-refractivity contribution is -0.142. The van der Waals surface area contributed by atoms with Crippen LogP contribution in [-0.2, 0) is 19.6 Å². The molecule has 0 spiro atoms. The summed E-state index contributed by atoms with van der Waals surface area (Å²) in [4.78, 5) is 21.8. The van der Waals surface area contributed by atoms with Crippen LogP contribution in [0.5, 0.6) is 0 Å². The second-order valence-electron chi connectivity index (χ2n) is 5.19. The maximum absolute atomic E-state index is 11.1. The summed E-state index contributed by atoms with van der Waals surface area (Å²) < 4.78 is 28.6. The highest BCUT2D eigenvalue weighted by molar-refractivity contribution is 7.90. The van der Waals surface area contributed by atoms with Gasteiger partial charge in [0.1, 0.15) is 10.9 Å². The summed E-state index contributed by atoms with van der Waals surface area (Å²) in [5.41, 5.74) is 5.67. The van der Waals surface area contributed by atoms with Crippen LogP contribution in [-0.4, -0.2) is 33.4 Å². The van der Waals surface area contributed by atoms with Gasteiger partial charge in [-0.3, -0.25) is 9.59 Å². The van der Waals surface area contributed by atoms with E-state index in [9.17, 15) is 18.0 Å². The Hall–Kier alpha value is -1.93. The topological polar surface area (TPSA) is 116 Å². The van der Waals surface area contributed by atoms with Crippen LogP contribution in [0.2, 0.25) is 0 Å². The number of ether oxygens (including phenoxy) is 1. The van der Waals surface area contributed by atoms with Gasteiger partial charge in [0.25, 0.3) is 15.9 Å². The van der Waals surface area contributed by atoms with Crippen molar-refractivity contribution in [1.29, 1.82) is 0 Å². The number of nitrogens with one attached hydrogen (secondary N) is 1. The van der Waals surface area contributed by atoms with Gasteiger partial charge in [-0.1, -0.05) is 26.0 Å². The summed E-state index contributed by atoms with van der Waals surface area (Å²) in [6.45, 7) is 4.03. The summed E-state index contributed by atoms with van der Waals surface area (Å²) in [6, 6.07) is 5.64. The van der Waals surface area contributed by atoms with Crippen LogP contribution in [0.3, 0.4) is 0 Å². The van der Waals surface area contributed by atoms with E-state index in [-0.39, 0.29) is 16.4 Å². The quantitative estimate of drug-likeness (QED) is 0.787. The minimum atomic E-state index is -3.55. The number of hydrogen-bond donors (Lipinski definition) is 2. The minimum Gasteiger partial charge on any atom is -0.468 e. The number of carbonyl (C=O) groups is 2. The van der Waals surface area contributed by atoms with Crippen molar-refractivity contribution in [2.45, 2.75) is 31.2 Å². The van der Waals surface area contributed by atoms with Crippen molar-refractivity contribution in [2.24, 2.45) is 11.7 Å². The first-order valence-electron chi connectivity index (χ1n) is 6.68. The highest BCUT2D eigenvalue weighted by Crippen LogP contribution is 2.20. The van der Waals surface area contributed by atoms with Gasteiger partial charge in [0, 0.05) is 0 Å². The van der Waals surface area contributed by atoms with Crippen molar-refractivity contribution >= 4 is 21.9 Å². The summed E-state index contributed by atoms with van der Waals surface area (Å²) >= 11 is 0. The van der Waals surface area contributed by atoms with E-state index < -0.39 is 22.0 Å². The van der Waals surface area contributed by atoms with Crippen molar-refractivity contribution in [2.75, 3.05) is 7.11 Å². The van der Waals surface area contributed by atoms with Crippen LogP contribution in [0.4, 0.5) is 0 Å². The molecule has 0 fully saturated rings. The molecule has 1 unspecified atom stereocenters. The predicted molar refractivity (Wildman–Crippen MR) is 80.5 cm³/mol. The van der Waals surface area contributed by atoms with E-state index in [0.717, 1.165) is 0 Å². The largest absolute Gasteiger partial charge is 0.468 e. The van der Waals surface area contributed by atoms with Crippen LogP contribution in [0, 0.1) is 5.92 Å². The van der Waals surface area contributed by atoms with Gasteiger partial charge >= 0.3 is 5.97 Å². The first-order valence-corrected chi connectivity index (χ1v) is 8.17. The summed E-state index contributed by atoms with van der Waals surface area (Å²) in [6.07, 6.45) is 0.687. The Balaban J connectivity index is 0.000000225. The molecule has 8 heteroatoms. The number of methoxy groups -OCH3 is 1. The number of nitrogens with two attached hydrogens (primary N) is 1. The van der Waals surface area contributed by atoms with Gasteiger partial charge < -0.3 is 10.5 Å². The normalized spacial score (nSPS) is 16.1. The van der Waals surface area contributed by atoms with Crippen LogP contribution in [0.1, 0.15) is 30.6 Å². The van der Waals surface area contributed by atoms with Crippen LogP contribution in [0.25, 0.3) is 0 Å². The molecule has 1 aromatic rings. The van der Waals surface area contributed by atoms with E-state index >= 15 is 0 Å². The Bertz CT molecular complexity index is 655. The van der Waals surface area contributed by atoms with Crippen molar-refractivity contribution in [3.05, 3.63) is 29.8 Å². The van der Waals surface area contributed by atoms with Gasteiger partial charge in [0.2, 0.25) is 0 Å². The second-order valence-corrected chi connectivity index (χ2v) is 6.84. The standard InChI is InChI=1S/C7H5NO3S.C7H15NO2/c9-7-5-3-1-2-4-6(5)12(10,11)8-7;1-5(2)4-6(8)7(9)10-3/h1-4H,(H,8,9);5-6H,4,8H2,1-3H3. The van der Waals surface area contributed by atoms with Gasteiger partial charge in [0.05, 0.1) is 12.7 Å². The maximum atomic E-state index is 11.1. The molecule has 0 aromatic heterocycles. The lowest BCUT2D eigenvalue weighted by atomic mass is 10.1. The summed E-state index contributed by atoms with van der Waals surface area (Å²) in [5, 5.41) is 0. The smallest absolute Gasteiger partial charge is 0.322 e. The molecule has 1 aliphatic heterocycles. The third-order valence-corrected chi connectivity index (χ3v) is 4.27. The highest BCUT2D eigenvalue weighted by atomic mass is 32.2. The second kappa shape index (κ2) is 7.37. The predicted octanol–water partition coefficient (Wildman–Crippen LogP) is 0.652. The van der Waals surface area contributed by atoms with E-state index in [2.05, 4.69) is 4.74 Å². The first kappa shape index (κ1) is 18.1. The molecule has 0 saturated heterocycles. The Morgan fingerprint density at radius 2 is 1.91 bits per heavy atom. The van der Waals surface area contributed by atoms with Gasteiger partial charge in [0.15, 0.2) is 0 Å². The van der Waals surface area contributed by atoms with E-state index in [1.54, 1.807) is 12.1 Å². The molecule has 1 heterocycles. The maximum Gasteiger partial charge on any atom is 0.322 e. The van der Waals surface area contributed by atoms with Gasteiger partial charge in [-0.05, 0) is 24.5 Å². The fraction of sp³-hybridized carbons (Fsp3) is 0.429. The number of rotatable bonds is 3. The van der Waals surface area contributed by atoms with Crippen LogP contribution < -0.4 is 10.5 Å². The zero-order valence-electron chi connectivity index (χ0n) is 12.7. The number of hydrogen-bond acceptors (Lipinski definition) is 6. The van der Waals surface area contributed by atoms with E-state index in [1.807, 2.05) is 18.6 Å². The molecule has 0 saturated carbocycles. The van der Waals surface area contributed by atoms with Gasteiger partial charge in [-0.15, -0.1) is 0 Å². The summed E-state index contributed by atoms with van der Waals surface area (Å²) in [7, 11) is -2.20. The number of fused-ring (bicyclic) bond motifs is 1. The molecular weight excluding hydrogens is 308 g/mol. The first-order chi connectivity index (χ1) is 10.2. The number of esters is 1. The molecule has 122 valence electrons. The van der Waals surface area contributed by atoms with Gasteiger partial charge in [-0.2, -0.15) is 0 Å². The SMILES string of the molecule is COC(=O)C(N)CC(C)C.O=C1NS(=O)(=O)c2ccccc21. The van der Waals surface area contributed by atoms with E-state index in [1.165, 1.54) is 19.2 Å². The summed E-state index contributed by atoms with van der Waals surface area (Å²) in [5.74, 6) is -0.437. The molecule has 0 radical (unpaired) electrons. The fourth-order valence-electron chi connectivity index (χ4n) is 1.88. The number of benzene rings is 1. The average molecular weight is 328 g/mol. The molecule has 1 amide bonds. The third-order valence-electron chi connectivity index (χ3n) is 2.88. The monoisotopic (exact) mass is 328 g/mol. The fourth-order valence-corrected chi connectivity index (χ4v) is 3.05. The molecular formula is C14H20N2O5S. The molecule has 3 N–H and O–H groups in total. The Kier molecular flexibility index (Phi) is 6.07. The lowest BCUT2D eigenvalue weighted by Gasteiger charge is -2.10. The Morgan fingerprint density at radius 1 is 1.32 bits per heavy atom. The van der Waals surface area contributed by atoms with Crippen molar-refractivity contribution in [3.63, 3.8) is 0 Å². The van der Waals surface area contributed by atoms with Gasteiger partial charge in [-0.25, -0.2) is 13.1 Å². The van der Waals surface area contributed by atoms with E-state index in [0.29, 0.717) is 12.3 Å². The van der Waals surface area contributed by atoms with Crippen molar-refractivity contribution in [3.8, 4) is 0 Å². The zero-order valence-corrected chi connectivity index (χ0v) is 13.5. The number of sulfonamides is 1. The molecule has 0 bridgehead atoms. The van der Waals surface area contributed by atoms with Crippen LogP contribution >= 0.6 is 0 Å². The average Bonchev–Trinajstić information content (AvgIpc) is 2.68. The third kappa shape index (κ3) is 4.54. The highest BCUT2D eigenvalue weighted by Gasteiger charge is 2.31. The van der Waals surface area contributed by atoms with E-state index in [4.69, 9.17) is 5.73 Å². The number of carbonyl (C=O) groups excluding carboxylic acids is 2. The Morgan fingerprint density at radius 3 is 2.41 bits per heavy atom. The number of amides is 1.